The second-order valence-corrected chi connectivity index (χ2v) is 10.0. The van der Waals surface area contributed by atoms with E-state index in [1.54, 1.807) is 16.9 Å². The fraction of sp³-hybridized carbons (Fsp3) is 0.462. The van der Waals surface area contributed by atoms with Gasteiger partial charge in [-0.15, -0.1) is 13.2 Å². The number of amides is 1. The summed E-state index contributed by atoms with van der Waals surface area (Å²) in [6, 6.07) is 3.89. The molecule has 206 valence electrons. The Morgan fingerprint density at radius 3 is 2.67 bits per heavy atom. The number of carbonyl (C=O) groups is 1. The summed E-state index contributed by atoms with van der Waals surface area (Å²) in [4.78, 5) is 25.2. The average molecular weight is 544 g/mol. The van der Waals surface area contributed by atoms with Crippen LogP contribution in [0.4, 0.5) is 19.1 Å². The van der Waals surface area contributed by atoms with Crippen LogP contribution in [0.25, 0.3) is 27.7 Å². The number of halogens is 3. The molecular formula is C26H28F3N7O3. The van der Waals surface area contributed by atoms with E-state index >= 15 is 0 Å². The van der Waals surface area contributed by atoms with Gasteiger partial charge in [0.1, 0.15) is 5.65 Å². The second kappa shape index (κ2) is 10.5. The van der Waals surface area contributed by atoms with Crippen LogP contribution in [0.3, 0.4) is 0 Å². The van der Waals surface area contributed by atoms with Crippen LogP contribution in [0.2, 0.25) is 0 Å². The van der Waals surface area contributed by atoms with Crippen molar-refractivity contribution in [3.8, 4) is 11.1 Å². The number of ether oxygens (including phenoxy) is 2. The third-order valence-corrected chi connectivity index (χ3v) is 7.37. The molecule has 5 heterocycles. The Labute approximate surface area is 221 Å². The zero-order valence-electron chi connectivity index (χ0n) is 21.0. The maximum absolute atomic E-state index is 13.0. The van der Waals surface area contributed by atoms with Crippen molar-refractivity contribution in [2.24, 2.45) is 0 Å². The van der Waals surface area contributed by atoms with Crippen LogP contribution >= 0.6 is 0 Å². The number of fused-ring (bicyclic) bond motifs is 2. The number of carbonyl (C=O) groups excluding carboxylic acids is 1. The molecular weight excluding hydrogens is 515 g/mol. The highest BCUT2D eigenvalue weighted by Crippen LogP contribution is 2.31. The highest BCUT2D eigenvalue weighted by atomic mass is 19.4. The molecule has 6 rings (SSSR count). The summed E-state index contributed by atoms with van der Waals surface area (Å²) in [6.07, 6.45) is 4.81. The average Bonchev–Trinajstić information content (AvgIpc) is 3.53. The Balaban J connectivity index is 1.17. The van der Waals surface area contributed by atoms with Gasteiger partial charge in [0.05, 0.1) is 23.4 Å². The number of pyridine rings is 1. The SMILES string of the molecule is O=C(NC1CCOCC1)c1cnn2ccc(-c3c[nH]c4nc(N[C@H]5CC[C@@H](OC(F)(F)F)CC5)ncc34)cc12. The number of aromatic nitrogens is 5. The molecule has 13 heteroatoms. The third-order valence-electron chi connectivity index (χ3n) is 7.37. The number of nitrogens with one attached hydrogen (secondary N) is 3. The second-order valence-electron chi connectivity index (χ2n) is 10.0. The van der Waals surface area contributed by atoms with Crippen LogP contribution < -0.4 is 10.6 Å². The molecule has 39 heavy (non-hydrogen) atoms. The van der Waals surface area contributed by atoms with Crippen molar-refractivity contribution in [3.63, 3.8) is 0 Å². The monoisotopic (exact) mass is 543 g/mol. The van der Waals surface area contributed by atoms with Gasteiger partial charge in [0.2, 0.25) is 5.95 Å². The molecule has 4 aromatic rings. The van der Waals surface area contributed by atoms with Crippen molar-refractivity contribution in [3.05, 3.63) is 42.5 Å². The molecule has 4 aromatic heterocycles. The minimum Gasteiger partial charge on any atom is -0.381 e. The largest absolute Gasteiger partial charge is 0.522 e. The molecule has 0 aromatic carbocycles. The molecule has 0 radical (unpaired) electrons. The molecule has 1 aliphatic heterocycles. The molecule has 10 nitrogen and oxygen atoms in total. The zero-order valence-corrected chi connectivity index (χ0v) is 21.0. The summed E-state index contributed by atoms with van der Waals surface area (Å²) in [5.41, 5.74) is 3.57. The molecule has 0 bridgehead atoms. The minimum absolute atomic E-state index is 0.0278. The Kier molecular flexibility index (Phi) is 6.85. The van der Waals surface area contributed by atoms with Crippen LogP contribution in [0.15, 0.2) is 36.9 Å². The summed E-state index contributed by atoms with van der Waals surface area (Å²) in [5, 5.41) is 11.5. The molecule has 2 fully saturated rings. The van der Waals surface area contributed by atoms with Gasteiger partial charge in [0.15, 0.2) is 0 Å². The lowest BCUT2D eigenvalue weighted by Crippen LogP contribution is -2.38. The van der Waals surface area contributed by atoms with Crippen molar-refractivity contribution in [1.29, 1.82) is 0 Å². The number of anilines is 1. The van der Waals surface area contributed by atoms with Crippen molar-refractivity contribution < 1.29 is 27.4 Å². The van der Waals surface area contributed by atoms with Gasteiger partial charge in [-0.2, -0.15) is 10.1 Å². The highest BCUT2D eigenvalue weighted by Gasteiger charge is 2.35. The fourth-order valence-electron chi connectivity index (χ4n) is 5.34. The van der Waals surface area contributed by atoms with E-state index in [0.717, 1.165) is 29.4 Å². The summed E-state index contributed by atoms with van der Waals surface area (Å²) in [6.45, 7) is 1.28. The van der Waals surface area contributed by atoms with Crippen LogP contribution in [0.1, 0.15) is 48.9 Å². The highest BCUT2D eigenvalue weighted by molar-refractivity contribution is 6.02. The molecule has 0 spiro atoms. The van der Waals surface area contributed by atoms with Crippen molar-refractivity contribution in [2.75, 3.05) is 18.5 Å². The summed E-state index contributed by atoms with van der Waals surface area (Å²) >= 11 is 0. The smallest absolute Gasteiger partial charge is 0.381 e. The third kappa shape index (κ3) is 5.69. The maximum atomic E-state index is 13.0. The lowest BCUT2D eigenvalue weighted by molar-refractivity contribution is -0.345. The molecule has 0 atom stereocenters. The van der Waals surface area contributed by atoms with Crippen molar-refractivity contribution >= 4 is 28.4 Å². The van der Waals surface area contributed by atoms with Gasteiger partial charge in [-0.25, -0.2) is 9.50 Å². The number of alkyl halides is 3. The number of rotatable bonds is 6. The van der Waals surface area contributed by atoms with Gasteiger partial charge >= 0.3 is 6.36 Å². The molecule has 1 aliphatic carbocycles. The Morgan fingerprint density at radius 1 is 1.10 bits per heavy atom. The maximum Gasteiger partial charge on any atom is 0.522 e. The number of hydrogen-bond acceptors (Lipinski definition) is 7. The van der Waals surface area contributed by atoms with E-state index in [1.165, 1.54) is 0 Å². The van der Waals surface area contributed by atoms with Gasteiger partial charge < -0.3 is 20.4 Å². The number of hydrogen-bond donors (Lipinski definition) is 3. The number of aromatic amines is 1. The van der Waals surface area contributed by atoms with E-state index < -0.39 is 12.5 Å². The zero-order chi connectivity index (χ0) is 27.0. The molecule has 3 N–H and O–H groups in total. The fourth-order valence-corrected chi connectivity index (χ4v) is 5.34. The first-order chi connectivity index (χ1) is 18.8. The molecule has 1 amide bonds. The normalized spacial score (nSPS) is 20.9. The van der Waals surface area contributed by atoms with E-state index in [2.05, 4.69) is 35.4 Å². The predicted octanol–water partition coefficient (Wildman–Crippen LogP) is 4.44. The Hall–Kier alpha value is -3.71. The first kappa shape index (κ1) is 25.6. The van der Waals surface area contributed by atoms with Gasteiger partial charge in [-0.05, 0) is 56.2 Å². The quantitative estimate of drug-likeness (QED) is 0.329. The van der Waals surface area contributed by atoms with Crippen LogP contribution in [-0.4, -0.2) is 68.2 Å². The predicted molar refractivity (Wildman–Crippen MR) is 136 cm³/mol. The van der Waals surface area contributed by atoms with Crippen LogP contribution in [0.5, 0.6) is 0 Å². The van der Waals surface area contributed by atoms with E-state index in [0.29, 0.717) is 61.6 Å². The van der Waals surface area contributed by atoms with E-state index in [9.17, 15) is 18.0 Å². The van der Waals surface area contributed by atoms with Crippen LogP contribution in [-0.2, 0) is 9.47 Å². The Bertz CT molecular complexity index is 1470. The van der Waals surface area contributed by atoms with Crippen LogP contribution in [0, 0.1) is 0 Å². The minimum atomic E-state index is -4.61. The Morgan fingerprint density at radius 2 is 1.90 bits per heavy atom. The van der Waals surface area contributed by atoms with Gasteiger partial charge in [0.25, 0.3) is 5.91 Å². The van der Waals surface area contributed by atoms with E-state index in [1.807, 2.05) is 24.5 Å². The van der Waals surface area contributed by atoms with Gasteiger partial charge in [-0.3, -0.25) is 9.53 Å². The summed E-state index contributed by atoms with van der Waals surface area (Å²) in [7, 11) is 0. The van der Waals surface area contributed by atoms with E-state index in [-0.39, 0.29) is 18.0 Å². The molecule has 2 aliphatic rings. The number of nitrogens with zero attached hydrogens (tertiary/aromatic N) is 4. The number of H-pyrrole nitrogens is 1. The summed E-state index contributed by atoms with van der Waals surface area (Å²) in [5.74, 6) is 0.250. The lowest BCUT2D eigenvalue weighted by Gasteiger charge is -2.29. The molecule has 0 unspecified atom stereocenters. The van der Waals surface area contributed by atoms with Gasteiger partial charge in [-0.1, -0.05) is 0 Å². The first-order valence-corrected chi connectivity index (χ1v) is 13.0. The van der Waals surface area contributed by atoms with Crippen molar-refractivity contribution in [2.45, 2.75) is 63.1 Å². The first-order valence-electron chi connectivity index (χ1n) is 13.0. The standard InChI is InChI=1S/C26H28F3N7O3/c27-26(28,29)39-18-3-1-16(2-4-18)34-25-31-13-20-19(12-30-23(20)35-25)15-5-8-36-22(11-15)21(14-32-36)24(37)33-17-6-9-38-10-7-17/h5,8,11-14,16-18H,1-4,6-7,9-10H2,(H,33,37)(H2,30,31,34,35)/t16-,18+. The van der Waals surface area contributed by atoms with Gasteiger partial charge in [0, 0.05) is 54.8 Å². The molecule has 1 saturated carbocycles. The van der Waals surface area contributed by atoms with Crippen molar-refractivity contribution in [1.82, 2.24) is 29.9 Å². The van der Waals surface area contributed by atoms with E-state index in [4.69, 9.17) is 4.74 Å². The lowest BCUT2D eigenvalue weighted by atomic mass is 9.93. The summed E-state index contributed by atoms with van der Waals surface area (Å²) < 4.78 is 48.6. The topological polar surface area (TPSA) is 118 Å². The molecule has 1 saturated heterocycles.